The van der Waals surface area contributed by atoms with Crippen molar-refractivity contribution in [1.82, 2.24) is 0 Å². The van der Waals surface area contributed by atoms with Crippen LogP contribution in [0.3, 0.4) is 0 Å². The van der Waals surface area contributed by atoms with Crippen LogP contribution in [0.2, 0.25) is 0 Å². The molecule has 53 heavy (non-hydrogen) atoms. The van der Waals surface area contributed by atoms with Gasteiger partial charge in [0.2, 0.25) is 0 Å². The van der Waals surface area contributed by atoms with Crippen molar-refractivity contribution in [3.8, 4) is 28.4 Å². The van der Waals surface area contributed by atoms with Crippen molar-refractivity contribution in [2.75, 3.05) is 26.4 Å². The second-order valence-corrected chi connectivity index (χ2v) is 12.7. The van der Waals surface area contributed by atoms with Crippen LogP contribution in [0, 0.1) is 0 Å². The van der Waals surface area contributed by atoms with Crippen molar-refractivity contribution in [3.05, 3.63) is 109 Å². The Balaban J connectivity index is 1.08. The van der Waals surface area contributed by atoms with E-state index in [9.17, 15) is 19.2 Å². The van der Waals surface area contributed by atoms with Crippen LogP contribution in [-0.2, 0) is 33.4 Å². The summed E-state index contributed by atoms with van der Waals surface area (Å²) in [5.74, 6) is -0.212. The highest BCUT2D eigenvalue weighted by atomic mass is 16.6. The molecule has 1 fully saturated rings. The third kappa shape index (κ3) is 14.9. The average molecular weight is 725 g/mol. The molecule has 0 atom stereocenters. The lowest BCUT2D eigenvalue weighted by molar-refractivity contribution is -0.151. The molecule has 10 heteroatoms. The highest BCUT2D eigenvalue weighted by Crippen LogP contribution is 2.24. The van der Waals surface area contributed by atoms with Crippen molar-refractivity contribution < 1.29 is 47.6 Å². The molecular weight excluding hydrogens is 676 g/mol. The molecule has 0 aliphatic heterocycles. The van der Waals surface area contributed by atoms with E-state index in [0.717, 1.165) is 54.5 Å². The second-order valence-electron chi connectivity index (χ2n) is 12.7. The van der Waals surface area contributed by atoms with Crippen LogP contribution in [0.15, 0.2) is 103 Å². The zero-order valence-electron chi connectivity index (χ0n) is 30.3. The summed E-state index contributed by atoms with van der Waals surface area (Å²) in [6.07, 6.45) is 9.67. The number of hydrogen-bond donors (Lipinski definition) is 0. The highest BCUT2D eigenvalue weighted by Gasteiger charge is 2.20. The number of rotatable bonds is 20. The van der Waals surface area contributed by atoms with Crippen molar-refractivity contribution >= 4 is 30.0 Å². The van der Waals surface area contributed by atoms with E-state index in [1.165, 1.54) is 6.08 Å². The molecule has 0 saturated heterocycles. The van der Waals surface area contributed by atoms with Gasteiger partial charge in [-0.05, 0) is 105 Å². The minimum atomic E-state index is -0.593. The zero-order chi connectivity index (χ0) is 37.8. The van der Waals surface area contributed by atoms with Gasteiger partial charge in [-0.25, -0.2) is 14.4 Å². The molecule has 0 heterocycles. The minimum Gasteiger partial charge on any atom is -0.494 e. The first-order chi connectivity index (χ1) is 25.7. The predicted octanol–water partition coefficient (Wildman–Crippen LogP) is 8.39. The van der Waals surface area contributed by atoms with Crippen LogP contribution >= 0.6 is 0 Å². The maximum absolute atomic E-state index is 12.4. The number of ether oxygens (including phenoxy) is 6. The largest absolute Gasteiger partial charge is 0.494 e. The summed E-state index contributed by atoms with van der Waals surface area (Å²) in [6.45, 7) is 10.1. The molecule has 1 saturated carbocycles. The Labute approximate surface area is 311 Å². The van der Waals surface area contributed by atoms with E-state index in [1.807, 2.05) is 48.5 Å². The van der Waals surface area contributed by atoms with Crippen LogP contribution in [0.1, 0.15) is 70.3 Å². The third-order valence-corrected chi connectivity index (χ3v) is 8.23. The van der Waals surface area contributed by atoms with E-state index < -0.39 is 23.9 Å². The maximum atomic E-state index is 12.4. The van der Waals surface area contributed by atoms with Gasteiger partial charge in [0.05, 0.1) is 32.8 Å². The quantitative estimate of drug-likeness (QED) is 0.0369. The molecule has 0 radical (unpaired) electrons. The van der Waals surface area contributed by atoms with Crippen molar-refractivity contribution in [2.24, 2.45) is 0 Å². The first-order valence-electron chi connectivity index (χ1n) is 18.0. The van der Waals surface area contributed by atoms with Gasteiger partial charge < -0.3 is 28.4 Å². The first-order valence-corrected chi connectivity index (χ1v) is 18.0. The number of esters is 4. The van der Waals surface area contributed by atoms with Gasteiger partial charge in [-0.1, -0.05) is 56.0 Å². The van der Waals surface area contributed by atoms with Gasteiger partial charge in [-0.15, -0.1) is 0 Å². The smallest absolute Gasteiger partial charge is 0.336 e. The molecule has 3 aromatic rings. The van der Waals surface area contributed by atoms with Crippen LogP contribution in [0.5, 0.6) is 17.2 Å². The summed E-state index contributed by atoms with van der Waals surface area (Å²) in [5.41, 5.74) is 3.34. The number of unbranched alkanes of at least 4 members (excludes halogenated alkanes) is 1. The number of carbonyl (C=O) groups is 4. The van der Waals surface area contributed by atoms with Crippen LogP contribution in [0.25, 0.3) is 17.2 Å². The topological polar surface area (TPSA) is 124 Å². The monoisotopic (exact) mass is 724 g/mol. The van der Waals surface area contributed by atoms with E-state index in [0.29, 0.717) is 49.5 Å². The Hall–Kier alpha value is -5.64. The number of carbonyl (C=O) groups excluding carboxylic acids is 4. The summed E-state index contributed by atoms with van der Waals surface area (Å²) in [6, 6.07) is 22.2. The SMILES string of the molecule is C=C(C)C(=O)OCCCOc1ccc(-c2ccc(/C=C/C(=O)Oc3ccc(OCCCCOC(=O)C(=C)CC(=O)OC4CCCCC4)cc3)cc2)cc1. The molecule has 0 spiro atoms. The number of benzene rings is 3. The summed E-state index contributed by atoms with van der Waals surface area (Å²) >= 11 is 0. The fourth-order valence-electron chi connectivity index (χ4n) is 5.30. The molecular formula is C43H48O10. The van der Waals surface area contributed by atoms with E-state index >= 15 is 0 Å². The molecule has 280 valence electrons. The van der Waals surface area contributed by atoms with E-state index in [4.69, 9.17) is 28.4 Å². The fraction of sp³-hybridized carbons (Fsp3) is 0.349. The molecule has 3 aromatic carbocycles. The van der Waals surface area contributed by atoms with Crippen LogP contribution < -0.4 is 14.2 Å². The molecule has 0 bridgehead atoms. The van der Waals surface area contributed by atoms with Gasteiger partial charge in [0.15, 0.2) is 0 Å². The Kier molecular flexibility index (Phi) is 16.4. The molecule has 4 rings (SSSR count). The molecule has 0 aromatic heterocycles. The van der Waals surface area contributed by atoms with Crippen LogP contribution in [0.4, 0.5) is 0 Å². The molecule has 10 nitrogen and oxygen atoms in total. The lowest BCUT2D eigenvalue weighted by atomic mass is 9.98. The third-order valence-electron chi connectivity index (χ3n) is 8.23. The Bertz CT molecular complexity index is 1700. The molecule has 1 aliphatic rings. The van der Waals surface area contributed by atoms with Gasteiger partial charge in [0, 0.05) is 23.6 Å². The zero-order valence-corrected chi connectivity index (χ0v) is 30.3. The number of hydrogen-bond acceptors (Lipinski definition) is 10. The predicted molar refractivity (Wildman–Crippen MR) is 201 cm³/mol. The molecule has 0 amide bonds. The Morgan fingerprint density at radius 2 is 1.19 bits per heavy atom. The average Bonchev–Trinajstić information content (AvgIpc) is 3.16. The van der Waals surface area contributed by atoms with E-state index in [-0.39, 0.29) is 31.3 Å². The van der Waals surface area contributed by atoms with E-state index in [1.54, 1.807) is 37.3 Å². The summed E-state index contributed by atoms with van der Waals surface area (Å²) in [4.78, 5) is 48.1. The first kappa shape index (κ1) is 40.1. The van der Waals surface area contributed by atoms with Gasteiger partial charge in [0.1, 0.15) is 23.4 Å². The molecule has 0 unspecified atom stereocenters. The summed E-state index contributed by atoms with van der Waals surface area (Å²) in [7, 11) is 0. The van der Waals surface area contributed by atoms with Crippen molar-refractivity contribution in [1.29, 1.82) is 0 Å². The molecule has 0 N–H and O–H groups in total. The van der Waals surface area contributed by atoms with Crippen molar-refractivity contribution in [2.45, 2.75) is 70.8 Å². The van der Waals surface area contributed by atoms with Crippen molar-refractivity contribution in [3.63, 3.8) is 0 Å². The van der Waals surface area contributed by atoms with Gasteiger partial charge in [-0.3, -0.25) is 4.79 Å². The normalized spacial score (nSPS) is 12.8. The fourth-order valence-corrected chi connectivity index (χ4v) is 5.30. The van der Waals surface area contributed by atoms with E-state index in [2.05, 4.69) is 13.2 Å². The Morgan fingerprint density at radius 3 is 1.83 bits per heavy atom. The standard InChI is InChI=1S/C43H48O10/c1-31(2)42(46)50-29-9-28-49-36-19-17-35(18-20-36)34-15-12-33(13-16-34)14-25-40(44)52-39-23-21-37(22-24-39)48-26-7-8-27-51-43(47)32(3)30-41(45)53-38-10-5-4-6-11-38/h12-25,38H,1,3-11,26-30H2,2H3/b25-14+. The minimum absolute atomic E-state index is 0.0594. The molecule has 1 aliphatic carbocycles. The summed E-state index contributed by atoms with van der Waals surface area (Å²) < 4.78 is 32.6. The lowest BCUT2D eigenvalue weighted by Gasteiger charge is -2.21. The van der Waals surface area contributed by atoms with Gasteiger partial charge >= 0.3 is 23.9 Å². The van der Waals surface area contributed by atoms with Gasteiger partial charge in [-0.2, -0.15) is 0 Å². The highest BCUT2D eigenvalue weighted by molar-refractivity contribution is 5.93. The lowest BCUT2D eigenvalue weighted by Crippen LogP contribution is -2.22. The maximum Gasteiger partial charge on any atom is 0.336 e. The Morgan fingerprint density at radius 1 is 0.660 bits per heavy atom. The van der Waals surface area contributed by atoms with Crippen LogP contribution in [-0.4, -0.2) is 56.4 Å². The summed E-state index contributed by atoms with van der Waals surface area (Å²) in [5, 5.41) is 0. The second kappa shape index (κ2) is 21.7. The van der Waals surface area contributed by atoms with Gasteiger partial charge in [0.25, 0.3) is 0 Å².